The van der Waals surface area contributed by atoms with E-state index < -0.39 is 0 Å². The number of ketones is 1. The molecule has 3 nitrogen and oxygen atoms in total. The molecule has 0 unspecified atom stereocenters. The van der Waals surface area contributed by atoms with Gasteiger partial charge in [-0.25, -0.2) is 0 Å². The van der Waals surface area contributed by atoms with Crippen LogP contribution in [0.4, 0.5) is 0 Å². The Morgan fingerprint density at radius 1 is 1.57 bits per heavy atom. The van der Waals surface area contributed by atoms with Crippen molar-refractivity contribution >= 4 is 39.0 Å². The lowest BCUT2D eigenvalue weighted by Crippen LogP contribution is -2.37. The fraction of sp³-hybridized carbons (Fsp3) is 0.333. The van der Waals surface area contributed by atoms with Crippen molar-refractivity contribution in [3.8, 4) is 0 Å². The average molecular weight is 274 g/mol. The molecule has 0 radical (unpaired) electrons. The quantitative estimate of drug-likeness (QED) is 0.726. The number of halogens is 1. The molecular weight excluding hydrogens is 266 g/mol. The molecule has 1 aliphatic rings. The van der Waals surface area contributed by atoms with Gasteiger partial charge in [-0.15, -0.1) is 11.3 Å². The van der Waals surface area contributed by atoms with Gasteiger partial charge in [-0.1, -0.05) is 0 Å². The summed E-state index contributed by atoms with van der Waals surface area (Å²) in [5, 5.41) is 1.85. The van der Waals surface area contributed by atoms with Crippen LogP contribution in [0.25, 0.3) is 0 Å². The van der Waals surface area contributed by atoms with E-state index in [1.165, 1.54) is 18.3 Å². The van der Waals surface area contributed by atoms with Crippen molar-refractivity contribution in [2.45, 2.75) is 13.5 Å². The average Bonchev–Trinajstić information content (AvgIpc) is 2.48. The third-order valence-corrected chi connectivity index (χ3v) is 4.12. The maximum atomic E-state index is 11.6. The molecule has 1 amide bonds. The molecule has 0 N–H and O–H groups in total. The second-order valence-corrected chi connectivity index (χ2v) is 5.40. The third kappa shape index (κ3) is 1.50. The highest BCUT2D eigenvalue weighted by Crippen LogP contribution is 2.32. The first-order chi connectivity index (χ1) is 6.59. The van der Waals surface area contributed by atoms with Crippen molar-refractivity contribution in [2.75, 3.05) is 6.54 Å². The third-order valence-electron chi connectivity index (χ3n) is 2.27. The lowest BCUT2D eigenvalue weighted by molar-refractivity contribution is -0.129. The molecule has 2 heterocycles. The molecule has 14 heavy (non-hydrogen) atoms. The Bertz CT molecular complexity index is 413. The maximum Gasteiger partial charge on any atom is 0.220 e. The molecular formula is C9H8BrNO2S. The molecule has 2 rings (SSSR count). The number of hydrogen-bond acceptors (Lipinski definition) is 3. The summed E-state index contributed by atoms with van der Waals surface area (Å²) >= 11 is 4.88. The Labute approximate surface area is 93.8 Å². The smallest absolute Gasteiger partial charge is 0.220 e. The summed E-state index contributed by atoms with van der Waals surface area (Å²) in [4.78, 5) is 24.3. The van der Waals surface area contributed by atoms with Crippen molar-refractivity contribution in [2.24, 2.45) is 0 Å². The highest BCUT2D eigenvalue weighted by atomic mass is 79.9. The van der Waals surface area contributed by atoms with Gasteiger partial charge in [0, 0.05) is 30.0 Å². The van der Waals surface area contributed by atoms with Crippen LogP contribution in [0, 0.1) is 0 Å². The van der Waals surface area contributed by atoms with Crippen LogP contribution in [0.5, 0.6) is 0 Å². The highest BCUT2D eigenvalue weighted by molar-refractivity contribution is 9.11. The van der Waals surface area contributed by atoms with Crippen molar-refractivity contribution < 1.29 is 9.59 Å². The Kier molecular flexibility index (Phi) is 2.45. The monoisotopic (exact) mass is 273 g/mol. The van der Waals surface area contributed by atoms with Crippen LogP contribution in [0.3, 0.4) is 0 Å². The molecule has 0 aromatic carbocycles. The van der Waals surface area contributed by atoms with Crippen LogP contribution in [0.2, 0.25) is 0 Å². The number of hydrogen-bond donors (Lipinski definition) is 0. The van der Waals surface area contributed by atoms with Crippen LogP contribution >= 0.6 is 27.3 Å². The van der Waals surface area contributed by atoms with E-state index in [1.54, 1.807) is 4.90 Å². The Balaban J connectivity index is 2.40. The molecule has 0 aliphatic carbocycles. The molecule has 0 bridgehead atoms. The van der Waals surface area contributed by atoms with Gasteiger partial charge >= 0.3 is 0 Å². The summed E-state index contributed by atoms with van der Waals surface area (Å²) in [5.41, 5.74) is 1.71. The number of Topliss-reactive ketones (excluding diaryl/α,β-unsaturated/α-hetero) is 1. The second kappa shape index (κ2) is 3.47. The minimum Gasteiger partial charge on any atom is -0.331 e. The summed E-state index contributed by atoms with van der Waals surface area (Å²) in [6, 6.07) is 0. The molecule has 74 valence electrons. The zero-order valence-corrected chi connectivity index (χ0v) is 9.94. The zero-order chi connectivity index (χ0) is 10.3. The lowest BCUT2D eigenvalue weighted by atomic mass is 10.0. The molecule has 0 spiro atoms. The van der Waals surface area contributed by atoms with E-state index in [0.717, 1.165) is 14.9 Å². The summed E-state index contributed by atoms with van der Waals surface area (Å²) in [6.45, 7) is 2.24. The van der Waals surface area contributed by atoms with Gasteiger partial charge in [-0.2, -0.15) is 0 Å². The molecule has 0 atom stereocenters. The normalized spacial score (nSPS) is 15.6. The minimum absolute atomic E-state index is 0.0309. The standard InChI is InChI=1S/C9H8BrNO2S/c1-5(12)11-2-6-7(8(13)3-11)4-14-9(6)10/h4H,2-3H2,1H3. The van der Waals surface area contributed by atoms with Gasteiger partial charge in [-0.3, -0.25) is 9.59 Å². The summed E-state index contributed by atoms with van der Waals surface area (Å²) in [6.07, 6.45) is 0. The fourth-order valence-electron chi connectivity index (χ4n) is 1.47. The molecule has 0 saturated carbocycles. The first-order valence-electron chi connectivity index (χ1n) is 4.14. The first kappa shape index (κ1) is 9.86. The topological polar surface area (TPSA) is 37.4 Å². The Morgan fingerprint density at radius 2 is 2.29 bits per heavy atom. The van der Waals surface area contributed by atoms with E-state index in [4.69, 9.17) is 0 Å². The lowest BCUT2D eigenvalue weighted by Gasteiger charge is -2.25. The van der Waals surface area contributed by atoms with Gasteiger partial charge in [0.2, 0.25) is 5.91 Å². The van der Waals surface area contributed by atoms with Crippen LogP contribution in [-0.4, -0.2) is 23.1 Å². The summed E-state index contributed by atoms with van der Waals surface area (Å²) < 4.78 is 0.951. The van der Waals surface area contributed by atoms with Crippen molar-refractivity contribution in [1.82, 2.24) is 4.90 Å². The fourth-order valence-corrected chi connectivity index (χ4v) is 2.90. The van der Waals surface area contributed by atoms with Gasteiger partial charge in [0.05, 0.1) is 10.3 Å². The van der Waals surface area contributed by atoms with Crippen LogP contribution < -0.4 is 0 Å². The Hall–Kier alpha value is -0.680. The van der Waals surface area contributed by atoms with Crippen molar-refractivity contribution in [3.05, 3.63) is 20.3 Å². The van der Waals surface area contributed by atoms with Gasteiger partial charge in [0.25, 0.3) is 0 Å². The Morgan fingerprint density at radius 3 is 2.93 bits per heavy atom. The van der Waals surface area contributed by atoms with E-state index in [0.29, 0.717) is 6.54 Å². The zero-order valence-electron chi connectivity index (χ0n) is 7.54. The van der Waals surface area contributed by atoms with Crippen LogP contribution in [0.15, 0.2) is 9.17 Å². The van der Waals surface area contributed by atoms with Gasteiger partial charge in [-0.05, 0) is 15.9 Å². The van der Waals surface area contributed by atoms with E-state index in [9.17, 15) is 9.59 Å². The number of carbonyl (C=O) groups excluding carboxylic acids is 2. The van der Waals surface area contributed by atoms with E-state index >= 15 is 0 Å². The number of rotatable bonds is 0. The van der Waals surface area contributed by atoms with Crippen LogP contribution in [-0.2, 0) is 11.3 Å². The molecule has 1 aromatic rings. The first-order valence-corrected chi connectivity index (χ1v) is 5.81. The van der Waals surface area contributed by atoms with E-state index in [2.05, 4.69) is 15.9 Å². The van der Waals surface area contributed by atoms with E-state index in [1.807, 2.05) is 5.38 Å². The predicted octanol–water partition coefficient (Wildman–Crippen LogP) is 2.06. The number of carbonyl (C=O) groups is 2. The van der Waals surface area contributed by atoms with Crippen molar-refractivity contribution in [3.63, 3.8) is 0 Å². The molecule has 1 aliphatic heterocycles. The SMILES string of the molecule is CC(=O)N1CC(=O)c2csc(Br)c2C1. The van der Waals surface area contributed by atoms with E-state index in [-0.39, 0.29) is 18.2 Å². The maximum absolute atomic E-state index is 11.6. The minimum atomic E-state index is -0.0536. The van der Waals surface area contributed by atoms with Gasteiger partial charge in [0.15, 0.2) is 5.78 Å². The molecule has 5 heteroatoms. The number of nitrogens with zero attached hydrogens (tertiary/aromatic N) is 1. The number of amides is 1. The highest BCUT2D eigenvalue weighted by Gasteiger charge is 2.27. The number of thiophene rings is 1. The van der Waals surface area contributed by atoms with Gasteiger partial charge in [0.1, 0.15) is 0 Å². The predicted molar refractivity (Wildman–Crippen MR) is 57.4 cm³/mol. The van der Waals surface area contributed by atoms with Crippen LogP contribution in [0.1, 0.15) is 22.8 Å². The largest absolute Gasteiger partial charge is 0.331 e. The summed E-state index contributed by atoms with van der Waals surface area (Å²) in [5.74, 6) is -0.0227. The summed E-state index contributed by atoms with van der Waals surface area (Å²) in [7, 11) is 0. The van der Waals surface area contributed by atoms with Gasteiger partial charge < -0.3 is 4.90 Å². The molecule has 1 aromatic heterocycles. The molecule has 0 saturated heterocycles. The van der Waals surface area contributed by atoms with Crippen molar-refractivity contribution in [1.29, 1.82) is 0 Å². The number of fused-ring (bicyclic) bond motifs is 1. The molecule has 0 fully saturated rings. The second-order valence-electron chi connectivity index (χ2n) is 3.20.